The van der Waals surface area contributed by atoms with Crippen molar-refractivity contribution < 1.29 is 9.18 Å². The Balaban J connectivity index is 1.77. The molecule has 4 aromatic rings. The van der Waals surface area contributed by atoms with E-state index in [0.717, 1.165) is 18.4 Å². The van der Waals surface area contributed by atoms with Gasteiger partial charge in [0.2, 0.25) is 5.91 Å². The Kier molecular flexibility index (Phi) is 7.48. The molecule has 3 heterocycles. The Hall–Kier alpha value is -4.04. The Morgan fingerprint density at radius 2 is 1.87 bits per heavy atom. The van der Waals surface area contributed by atoms with Gasteiger partial charge in [0, 0.05) is 36.8 Å². The van der Waals surface area contributed by atoms with Crippen molar-refractivity contribution in [3.05, 3.63) is 94.3 Å². The molecule has 0 saturated carbocycles. The molecule has 1 aliphatic heterocycles. The standard InChI is InChI=1S/C30H29ClFN5O2/c1-4-10-20-11-6-9-14-24(20)37-25-17-22(21-12-7-8-13-23(21)32)28(31)33-27(25)29(34-30(37)39)36-16-15-35(18-19(36)3)26(38)5-2/h5-9,11-14,17,19H,2,4,10,15-16,18H2,1,3H3/t19-/m0/s1. The van der Waals surface area contributed by atoms with E-state index in [1.807, 2.05) is 36.1 Å². The molecular weight excluding hydrogens is 517 g/mol. The summed E-state index contributed by atoms with van der Waals surface area (Å²) in [4.78, 5) is 38.9. The number of amides is 1. The van der Waals surface area contributed by atoms with Crippen LogP contribution < -0.4 is 10.6 Å². The van der Waals surface area contributed by atoms with Crippen molar-refractivity contribution in [3.63, 3.8) is 0 Å². The number of benzene rings is 2. The van der Waals surface area contributed by atoms with Gasteiger partial charge in [0.05, 0.1) is 11.2 Å². The first kappa shape index (κ1) is 26.6. The average Bonchev–Trinajstić information content (AvgIpc) is 2.93. The molecule has 0 N–H and O–H groups in total. The maximum Gasteiger partial charge on any atom is 0.354 e. The summed E-state index contributed by atoms with van der Waals surface area (Å²) in [5.74, 6) is -0.191. The van der Waals surface area contributed by atoms with Crippen molar-refractivity contribution in [2.75, 3.05) is 24.5 Å². The van der Waals surface area contributed by atoms with Crippen LogP contribution in [0.3, 0.4) is 0 Å². The van der Waals surface area contributed by atoms with Gasteiger partial charge in [0.1, 0.15) is 16.5 Å². The normalized spacial score (nSPS) is 15.5. The number of aryl methyl sites for hydroxylation is 1. The maximum absolute atomic E-state index is 14.9. The molecule has 0 aliphatic carbocycles. The van der Waals surface area contributed by atoms with Crippen LogP contribution in [0.4, 0.5) is 10.2 Å². The van der Waals surface area contributed by atoms with E-state index in [1.165, 1.54) is 12.1 Å². The highest BCUT2D eigenvalue weighted by atomic mass is 35.5. The minimum Gasteiger partial charge on any atom is -0.348 e. The van der Waals surface area contributed by atoms with Gasteiger partial charge < -0.3 is 9.80 Å². The number of aromatic nitrogens is 3. The van der Waals surface area contributed by atoms with E-state index >= 15 is 0 Å². The molecule has 200 valence electrons. The fourth-order valence-corrected chi connectivity index (χ4v) is 5.47. The first-order valence-corrected chi connectivity index (χ1v) is 13.4. The predicted octanol–water partition coefficient (Wildman–Crippen LogP) is 5.42. The van der Waals surface area contributed by atoms with Crippen molar-refractivity contribution in [1.82, 2.24) is 19.4 Å². The van der Waals surface area contributed by atoms with E-state index in [2.05, 4.69) is 18.5 Å². The quantitative estimate of drug-likeness (QED) is 0.239. The summed E-state index contributed by atoms with van der Waals surface area (Å²) < 4.78 is 16.4. The number of hydrogen-bond acceptors (Lipinski definition) is 5. The van der Waals surface area contributed by atoms with Gasteiger partial charge in [0.15, 0.2) is 5.82 Å². The number of nitrogens with zero attached hydrogens (tertiary/aromatic N) is 5. The molecular formula is C30H29ClFN5O2. The minimum absolute atomic E-state index is 0.107. The predicted molar refractivity (Wildman–Crippen MR) is 153 cm³/mol. The lowest BCUT2D eigenvalue weighted by atomic mass is 10.0. The summed E-state index contributed by atoms with van der Waals surface area (Å²) in [6, 6.07) is 15.6. The molecule has 1 fully saturated rings. The Bertz CT molecular complexity index is 1640. The van der Waals surface area contributed by atoms with E-state index in [0.29, 0.717) is 53.3 Å². The third-order valence-electron chi connectivity index (χ3n) is 7.10. The number of piperazine rings is 1. The summed E-state index contributed by atoms with van der Waals surface area (Å²) in [5, 5.41) is 0.107. The molecule has 0 unspecified atom stereocenters. The second kappa shape index (κ2) is 11.0. The third kappa shape index (κ3) is 4.92. The zero-order valence-corrected chi connectivity index (χ0v) is 22.7. The number of carbonyl (C=O) groups excluding carboxylic acids is 1. The highest BCUT2D eigenvalue weighted by Crippen LogP contribution is 2.35. The average molecular weight is 546 g/mol. The lowest BCUT2D eigenvalue weighted by molar-refractivity contribution is -0.126. The third-order valence-corrected chi connectivity index (χ3v) is 7.39. The second-order valence-electron chi connectivity index (χ2n) is 9.64. The lowest BCUT2D eigenvalue weighted by Crippen LogP contribution is -2.54. The van der Waals surface area contributed by atoms with Crippen LogP contribution in [0.2, 0.25) is 5.15 Å². The van der Waals surface area contributed by atoms with Gasteiger partial charge >= 0.3 is 5.69 Å². The molecule has 1 amide bonds. The number of fused-ring (bicyclic) bond motifs is 1. The summed E-state index contributed by atoms with van der Waals surface area (Å²) in [6.07, 6.45) is 2.96. The first-order valence-electron chi connectivity index (χ1n) is 13.0. The molecule has 0 bridgehead atoms. The van der Waals surface area contributed by atoms with Crippen LogP contribution in [0.1, 0.15) is 25.8 Å². The van der Waals surface area contributed by atoms with E-state index in [4.69, 9.17) is 16.6 Å². The summed E-state index contributed by atoms with van der Waals surface area (Å²) in [6.45, 7) is 8.97. The summed E-state index contributed by atoms with van der Waals surface area (Å²) >= 11 is 6.68. The number of carbonyl (C=O) groups is 1. The number of hydrogen-bond donors (Lipinski definition) is 0. The zero-order valence-electron chi connectivity index (χ0n) is 21.9. The molecule has 2 aromatic carbocycles. The highest BCUT2D eigenvalue weighted by molar-refractivity contribution is 6.32. The molecule has 7 nitrogen and oxygen atoms in total. The van der Waals surface area contributed by atoms with E-state index in [1.54, 1.807) is 33.7 Å². The van der Waals surface area contributed by atoms with Crippen LogP contribution >= 0.6 is 11.6 Å². The van der Waals surface area contributed by atoms with E-state index < -0.39 is 11.5 Å². The lowest BCUT2D eigenvalue weighted by Gasteiger charge is -2.40. The Labute approximate surface area is 231 Å². The molecule has 0 spiro atoms. The molecule has 2 aromatic heterocycles. The van der Waals surface area contributed by atoms with Crippen LogP contribution in [0, 0.1) is 5.82 Å². The highest BCUT2D eigenvalue weighted by Gasteiger charge is 2.30. The van der Waals surface area contributed by atoms with Gasteiger partial charge in [0.25, 0.3) is 0 Å². The van der Waals surface area contributed by atoms with Crippen molar-refractivity contribution in [2.45, 2.75) is 32.7 Å². The monoisotopic (exact) mass is 545 g/mol. The molecule has 1 aliphatic rings. The van der Waals surface area contributed by atoms with Crippen molar-refractivity contribution >= 4 is 34.4 Å². The maximum atomic E-state index is 14.9. The molecule has 5 rings (SSSR count). The van der Waals surface area contributed by atoms with Crippen LogP contribution in [-0.4, -0.2) is 51.0 Å². The van der Waals surface area contributed by atoms with Gasteiger partial charge in [-0.2, -0.15) is 4.98 Å². The number of pyridine rings is 1. The number of halogens is 2. The smallest absolute Gasteiger partial charge is 0.348 e. The fraction of sp³-hybridized carbons (Fsp3) is 0.267. The van der Waals surface area contributed by atoms with Gasteiger partial charge in [-0.15, -0.1) is 0 Å². The molecule has 0 radical (unpaired) electrons. The number of rotatable bonds is 6. The molecule has 1 atom stereocenters. The zero-order chi connectivity index (χ0) is 27.7. The summed E-state index contributed by atoms with van der Waals surface area (Å²) in [7, 11) is 0. The topological polar surface area (TPSA) is 71.3 Å². The van der Waals surface area contributed by atoms with Gasteiger partial charge in [-0.3, -0.25) is 9.36 Å². The molecule has 9 heteroatoms. The van der Waals surface area contributed by atoms with Gasteiger partial charge in [-0.05, 0) is 43.2 Å². The van der Waals surface area contributed by atoms with Crippen molar-refractivity contribution in [2.24, 2.45) is 0 Å². The molecule has 1 saturated heterocycles. The molecule has 39 heavy (non-hydrogen) atoms. The van der Waals surface area contributed by atoms with Crippen LogP contribution in [-0.2, 0) is 11.2 Å². The first-order chi connectivity index (χ1) is 18.8. The number of para-hydroxylation sites is 1. The van der Waals surface area contributed by atoms with Crippen molar-refractivity contribution in [1.29, 1.82) is 0 Å². The summed E-state index contributed by atoms with van der Waals surface area (Å²) in [5.41, 5.74) is 2.81. The van der Waals surface area contributed by atoms with Crippen LogP contribution in [0.15, 0.2) is 72.0 Å². The minimum atomic E-state index is -0.471. The van der Waals surface area contributed by atoms with Gasteiger partial charge in [-0.1, -0.05) is 67.9 Å². The fourth-order valence-electron chi connectivity index (χ4n) is 5.22. The van der Waals surface area contributed by atoms with E-state index in [-0.39, 0.29) is 17.1 Å². The van der Waals surface area contributed by atoms with Crippen molar-refractivity contribution in [3.8, 4) is 16.8 Å². The number of anilines is 1. The second-order valence-corrected chi connectivity index (χ2v) is 10.00. The van der Waals surface area contributed by atoms with Gasteiger partial charge in [-0.25, -0.2) is 14.2 Å². The SMILES string of the molecule is C=CC(=O)N1CCN(c2nc(=O)n(-c3ccccc3CCC)c3cc(-c4ccccc4F)c(Cl)nc23)[C@@H](C)C1. The van der Waals surface area contributed by atoms with Crippen LogP contribution in [0.5, 0.6) is 0 Å². The Morgan fingerprint density at radius 3 is 2.59 bits per heavy atom. The Morgan fingerprint density at radius 1 is 1.13 bits per heavy atom. The van der Waals surface area contributed by atoms with E-state index in [9.17, 15) is 14.0 Å². The van der Waals surface area contributed by atoms with Crippen LogP contribution in [0.25, 0.3) is 27.8 Å². The largest absolute Gasteiger partial charge is 0.354 e.